The van der Waals surface area contributed by atoms with E-state index < -0.39 is 0 Å². The van der Waals surface area contributed by atoms with Crippen molar-refractivity contribution < 1.29 is 0 Å². The molecule has 0 radical (unpaired) electrons. The lowest BCUT2D eigenvalue weighted by molar-refractivity contribution is 0.323. The van der Waals surface area contributed by atoms with Gasteiger partial charge in [0.25, 0.3) is 0 Å². The fourth-order valence-corrected chi connectivity index (χ4v) is 3.98. The Bertz CT molecular complexity index is 213. The van der Waals surface area contributed by atoms with E-state index in [4.69, 9.17) is 0 Å². The van der Waals surface area contributed by atoms with Gasteiger partial charge < -0.3 is 0 Å². The Morgan fingerprint density at radius 3 is 1.31 bits per heavy atom. The van der Waals surface area contributed by atoms with Gasteiger partial charge in [0.2, 0.25) is 0 Å². The standard InChI is InChI=1S/C16H28/c1-13(2)16(14-9-5-3-6-10-14)15-11-7-4-8-12-15/h14-15H,3-12H2,1-2H3. The van der Waals surface area contributed by atoms with E-state index >= 15 is 0 Å². The second-order valence-corrected chi connectivity index (χ2v) is 6.13. The van der Waals surface area contributed by atoms with Gasteiger partial charge in [0, 0.05) is 0 Å². The van der Waals surface area contributed by atoms with Crippen molar-refractivity contribution in [3.8, 4) is 0 Å². The predicted octanol–water partition coefficient (Wildman–Crippen LogP) is 5.48. The minimum atomic E-state index is 0.960. The molecule has 0 nitrogen and oxygen atoms in total. The maximum absolute atomic E-state index is 2.36. The third-order valence-corrected chi connectivity index (χ3v) is 4.67. The molecule has 0 amide bonds. The van der Waals surface area contributed by atoms with Crippen LogP contribution in [0.15, 0.2) is 11.1 Å². The summed E-state index contributed by atoms with van der Waals surface area (Å²) in [5.74, 6) is 1.92. The fraction of sp³-hybridized carbons (Fsp3) is 0.875. The normalized spacial score (nSPS) is 24.4. The molecule has 2 saturated carbocycles. The lowest BCUT2D eigenvalue weighted by Crippen LogP contribution is -2.19. The molecule has 16 heavy (non-hydrogen) atoms. The van der Waals surface area contributed by atoms with E-state index in [2.05, 4.69) is 13.8 Å². The maximum atomic E-state index is 2.36. The van der Waals surface area contributed by atoms with Crippen molar-refractivity contribution in [1.82, 2.24) is 0 Å². The number of hydrogen-bond donors (Lipinski definition) is 0. The van der Waals surface area contributed by atoms with Crippen molar-refractivity contribution in [2.45, 2.75) is 78.1 Å². The van der Waals surface area contributed by atoms with Gasteiger partial charge in [-0.3, -0.25) is 0 Å². The number of rotatable bonds is 2. The van der Waals surface area contributed by atoms with Crippen molar-refractivity contribution in [2.75, 3.05) is 0 Å². The Hall–Kier alpha value is -0.260. The summed E-state index contributed by atoms with van der Waals surface area (Å²) in [6.07, 6.45) is 14.8. The first-order valence-electron chi connectivity index (χ1n) is 7.46. The minimum Gasteiger partial charge on any atom is -0.0767 e. The van der Waals surface area contributed by atoms with Crippen LogP contribution in [0.5, 0.6) is 0 Å². The SMILES string of the molecule is CC(C)=C(C1CCCCC1)C1CCCCC1. The lowest BCUT2D eigenvalue weighted by Gasteiger charge is -2.33. The molecule has 2 fully saturated rings. The molecular weight excluding hydrogens is 192 g/mol. The first kappa shape index (κ1) is 12.2. The summed E-state index contributed by atoms with van der Waals surface area (Å²) in [4.78, 5) is 0. The molecule has 0 spiro atoms. The second kappa shape index (κ2) is 5.89. The molecule has 0 heterocycles. The lowest BCUT2D eigenvalue weighted by atomic mass is 9.72. The van der Waals surface area contributed by atoms with E-state index in [1.165, 1.54) is 64.2 Å². The zero-order valence-corrected chi connectivity index (χ0v) is 11.2. The van der Waals surface area contributed by atoms with Crippen LogP contribution >= 0.6 is 0 Å². The topological polar surface area (TPSA) is 0 Å². The fourth-order valence-electron chi connectivity index (χ4n) is 3.98. The smallest absolute Gasteiger partial charge is 0.0198 e. The Morgan fingerprint density at radius 1 is 0.625 bits per heavy atom. The summed E-state index contributed by atoms with van der Waals surface area (Å²) in [5.41, 5.74) is 3.54. The third-order valence-electron chi connectivity index (χ3n) is 4.67. The van der Waals surface area contributed by atoms with Crippen LogP contribution < -0.4 is 0 Å². The van der Waals surface area contributed by atoms with Crippen LogP contribution in [0, 0.1) is 11.8 Å². The number of hydrogen-bond acceptors (Lipinski definition) is 0. The van der Waals surface area contributed by atoms with Gasteiger partial charge in [-0.05, 0) is 51.4 Å². The van der Waals surface area contributed by atoms with Gasteiger partial charge in [-0.15, -0.1) is 0 Å². The summed E-state index contributed by atoms with van der Waals surface area (Å²) in [5, 5.41) is 0. The highest BCUT2D eigenvalue weighted by atomic mass is 14.3. The molecule has 2 rings (SSSR count). The van der Waals surface area contributed by atoms with E-state index in [0.717, 1.165) is 11.8 Å². The molecule has 0 N–H and O–H groups in total. The molecule has 0 saturated heterocycles. The quantitative estimate of drug-likeness (QED) is 0.540. The van der Waals surface area contributed by atoms with Gasteiger partial charge >= 0.3 is 0 Å². The largest absolute Gasteiger partial charge is 0.0767 e. The third kappa shape index (κ3) is 2.90. The minimum absolute atomic E-state index is 0.960. The Morgan fingerprint density at radius 2 is 1.00 bits per heavy atom. The van der Waals surface area contributed by atoms with Gasteiger partial charge in [0.15, 0.2) is 0 Å². The molecular formula is C16H28. The average molecular weight is 220 g/mol. The van der Waals surface area contributed by atoms with Crippen LogP contribution in [0.3, 0.4) is 0 Å². The summed E-state index contributed by atoms with van der Waals surface area (Å²) >= 11 is 0. The zero-order chi connectivity index (χ0) is 11.4. The van der Waals surface area contributed by atoms with Gasteiger partial charge in [0.05, 0.1) is 0 Å². The van der Waals surface area contributed by atoms with Crippen molar-refractivity contribution in [3.63, 3.8) is 0 Å². The molecule has 0 aliphatic heterocycles. The molecule has 2 aliphatic carbocycles. The Kier molecular flexibility index (Phi) is 4.49. The first-order chi connectivity index (χ1) is 7.79. The molecule has 2 aliphatic rings. The van der Waals surface area contributed by atoms with Gasteiger partial charge in [-0.1, -0.05) is 49.7 Å². The maximum Gasteiger partial charge on any atom is -0.0198 e. The highest BCUT2D eigenvalue weighted by Crippen LogP contribution is 2.40. The summed E-state index contributed by atoms with van der Waals surface area (Å²) in [6.45, 7) is 4.72. The summed E-state index contributed by atoms with van der Waals surface area (Å²) in [7, 11) is 0. The molecule has 0 aromatic rings. The summed E-state index contributed by atoms with van der Waals surface area (Å²) in [6, 6.07) is 0. The first-order valence-corrected chi connectivity index (χ1v) is 7.46. The molecule has 0 aromatic carbocycles. The highest BCUT2D eigenvalue weighted by Gasteiger charge is 2.26. The van der Waals surface area contributed by atoms with Gasteiger partial charge in [-0.25, -0.2) is 0 Å². The monoisotopic (exact) mass is 220 g/mol. The van der Waals surface area contributed by atoms with Crippen LogP contribution in [0.4, 0.5) is 0 Å². The van der Waals surface area contributed by atoms with Crippen molar-refractivity contribution in [3.05, 3.63) is 11.1 Å². The molecule has 92 valence electrons. The van der Waals surface area contributed by atoms with Gasteiger partial charge in [0.1, 0.15) is 0 Å². The predicted molar refractivity (Wildman–Crippen MR) is 71.5 cm³/mol. The van der Waals surface area contributed by atoms with Crippen LogP contribution in [-0.4, -0.2) is 0 Å². The molecule has 0 bridgehead atoms. The van der Waals surface area contributed by atoms with E-state index in [0.29, 0.717) is 0 Å². The zero-order valence-electron chi connectivity index (χ0n) is 11.2. The van der Waals surface area contributed by atoms with Crippen molar-refractivity contribution in [2.24, 2.45) is 11.8 Å². The van der Waals surface area contributed by atoms with Crippen LogP contribution in [0.25, 0.3) is 0 Å². The van der Waals surface area contributed by atoms with Crippen LogP contribution in [0.2, 0.25) is 0 Å². The van der Waals surface area contributed by atoms with Crippen LogP contribution in [-0.2, 0) is 0 Å². The van der Waals surface area contributed by atoms with Gasteiger partial charge in [-0.2, -0.15) is 0 Å². The second-order valence-electron chi connectivity index (χ2n) is 6.13. The average Bonchev–Trinajstić information content (AvgIpc) is 2.31. The van der Waals surface area contributed by atoms with E-state index in [-0.39, 0.29) is 0 Å². The molecule has 0 unspecified atom stereocenters. The summed E-state index contributed by atoms with van der Waals surface area (Å²) < 4.78 is 0. The van der Waals surface area contributed by atoms with E-state index in [9.17, 15) is 0 Å². The van der Waals surface area contributed by atoms with Crippen molar-refractivity contribution >= 4 is 0 Å². The number of allylic oxidation sites excluding steroid dienone is 2. The molecule has 0 heteroatoms. The highest BCUT2D eigenvalue weighted by molar-refractivity contribution is 5.18. The Labute approximate surface area is 102 Å². The van der Waals surface area contributed by atoms with E-state index in [1.54, 1.807) is 5.57 Å². The van der Waals surface area contributed by atoms with Crippen molar-refractivity contribution in [1.29, 1.82) is 0 Å². The van der Waals surface area contributed by atoms with Crippen LogP contribution in [0.1, 0.15) is 78.1 Å². The molecule has 0 atom stereocenters. The molecule has 0 aromatic heterocycles. The Balaban J connectivity index is 2.06. The van der Waals surface area contributed by atoms with E-state index in [1.807, 2.05) is 5.57 Å².